The van der Waals surface area contributed by atoms with E-state index < -0.39 is 28.7 Å². The summed E-state index contributed by atoms with van der Waals surface area (Å²) in [6, 6.07) is 13.6. The molecule has 0 aliphatic heterocycles. The maximum Gasteiger partial charge on any atom is 0.435 e. The Hall–Kier alpha value is -2.91. The molecule has 1 N–H and O–H groups in total. The summed E-state index contributed by atoms with van der Waals surface area (Å²) in [4.78, 5) is 18.1. The molecule has 32 heavy (non-hydrogen) atoms. The van der Waals surface area contributed by atoms with Crippen molar-refractivity contribution >= 4 is 17.2 Å². The van der Waals surface area contributed by atoms with E-state index >= 15 is 0 Å². The first-order valence-electron chi connectivity index (χ1n) is 9.85. The average Bonchev–Trinajstić information content (AvgIpc) is 3.20. The van der Waals surface area contributed by atoms with Crippen LogP contribution >= 0.6 is 11.3 Å². The number of thiazole rings is 1. The van der Waals surface area contributed by atoms with E-state index in [1.165, 1.54) is 7.11 Å². The average molecular weight is 464 g/mol. The Morgan fingerprint density at radius 1 is 1.19 bits per heavy atom. The number of nitrogens with zero attached hydrogens (tertiary/aromatic N) is 2. The first-order valence-corrected chi connectivity index (χ1v) is 10.7. The van der Waals surface area contributed by atoms with E-state index in [0.29, 0.717) is 23.4 Å². The molecule has 1 heterocycles. The summed E-state index contributed by atoms with van der Waals surface area (Å²) in [5, 5.41) is 2.80. The van der Waals surface area contributed by atoms with E-state index in [1.807, 2.05) is 25.1 Å². The van der Waals surface area contributed by atoms with Crippen molar-refractivity contribution in [3.8, 4) is 16.3 Å². The first-order chi connectivity index (χ1) is 15.1. The van der Waals surface area contributed by atoms with Crippen LogP contribution in [0.25, 0.3) is 10.6 Å². The lowest BCUT2D eigenvalue weighted by molar-refractivity contribution is -0.141. The SMILES string of the molecule is COc1cccc(C(C)NC(=O)c2sc(-c3cccc(CN(C)C)c3)nc2C(F)(F)F)c1. The van der Waals surface area contributed by atoms with Gasteiger partial charge in [-0.15, -0.1) is 11.3 Å². The van der Waals surface area contributed by atoms with Crippen LogP contribution in [0.4, 0.5) is 13.2 Å². The number of ether oxygens (including phenoxy) is 1. The Morgan fingerprint density at radius 2 is 1.91 bits per heavy atom. The Labute approximate surface area is 188 Å². The van der Waals surface area contributed by atoms with Crippen molar-refractivity contribution in [1.82, 2.24) is 15.2 Å². The summed E-state index contributed by atoms with van der Waals surface area (Å²) in [6.07, 6.45) is -4.75. The number of amides is 1. The van der Waals surface area contributed by atoms with Crippen LogP contribution < -0.4 is 10.1 Å². The number of benzene rings is 2. The van der Waals surface area contributed by atoms with Gasteiger partial charge >= 0.3 is 6.18 Å². The smallest absolute Gasteiger partial charge is 0.435 e. The highest BCUT2D eigenvalue weighted by atomic mass is 32.1. The Balaban J connectivity index is 1.92. The molecule has 3 aromatic rings. The third-order valence-electron chi connectivity index (χ3n) is 4.72. The van der Waals surface area contributed by atoms with Crippen LogP contribution in [0.1, 0.15) is 39.5 Å². The molecule has 1 atom stereocenters. The molecule has 0 aliphatic carbocycles. The lowest BCUT2D eigenvalue weighted by Crippen LogP contribution is -2.28. The monoisotopic (exact) mass is 463 g/mol. The van der Waals surface area contributed by atoms with E-state index in [9.17, 15) is 18.0 Å². The van der Waals surface area contributed by atoms with Crippen LogP contribution in [-0.4, -0.2) is 37.0 Å². The van der Waals surface area contributed by atoms with Crippen molar-refractivity contribution in [1.29, 1.82) is 0 Å². The summed E-state index contributed by atoms with van der Waals surface area (Å²) in [6.45, 7) is 2.34. The van der Waals surface area contributed by atoms with Crippen molar-refractivity contribution in [3.05, 3.63) is 70.2 Å². The van der Waals surface area contributed by atoms with Gasteiger partial charge in [0.25, 0.3) is 5.91 Å². The molecule has 0 radical (unpaired) electrons. The highest BCUT2D eigenvalue weighted by Gasteiger charge is 2.40. The van der Waals surface area contributed by atoms with Crippen LogP contribution in [0.5, 0.6) is 5.75 Å². The van der Waals surface area contributed by atoms with Gasteiger partial charge in [-0.25, -0.2) is 4.98 Å². The third kappa shape index (κ3) is 5.66. The van der Waals surface area contributed by atoms with Gasteiger partial charge < -0.3 is 15.0 Å². The van der Waals surface area contributed by atoms with Gasteiger partial charge in [-0.1, -0.05) is 30.3 Å². The number of nitrogens with one attached hydrogen (secondary N) is 1. The normalized spacial score (nSPS) is 12.6. The topological polar surface area (TPSA) is 54.5 Å². The fraction of sp³-hybridized carbons (Fsp3) is 0.304. The summed E-state index contributed by atoms with van der Waals surface area (Å²) >= 11 is 0.739. The van der Waals surface area contributed by atoms with Crippen molar-refractivity contribution in [2.45, 2.75) is 25.7 Å². The summed E-state index contributed by atoms with van der Waals surface area (Å²) in [5.41, 5.74) is 1.02. The van der Waals surface area contributed by atoms with Crippen molar-refractivity contribution in [2.24, 2.45) is 0 Å². The molecule has 0 saturated carbocycles. The Kier molecular flexibility index (Phi) is 7.20. The second-order valence-corrected chi connectivity index (χ2v) is 8.60. The molecule has 170 valence electrons. The van der Waals surface area contributed by atoms with Crippen LogP contribution in [-0.2, 0) is 12.7 Å². The zero-order valence-corrected chi connectivity index (χ0v) is 19.0. The molecular formula is C23H24F3N3O2S. The van der Waals surface area contributed by atoms with E-state index in [-0.39, 0.29) is 5.01 Å². The number of hydrogen-bond acceptors (Lipinski definition) is 5. The van der Waals surface area contributed by atoms with Gasteiger partial charge in [-0.2, -0.15) is 13.2 Å². The standard InChI is InChI=1S/C23H24F3N3O2S/c1-14(16-8-6-10-18(12-16)31-4)27-21(30)19-20(23(24,25)26)28-22(32-19)17-9-5-7-15(11-17)13-29(2)3/h5-12,14H,13H2,1-4H3,(H,27,30). The molecule has 0 spiro atoms. The Bertz CT molecular complexity index is 1100. The number of aromatic nitrogens is 1. The van der Waals surface area contributed by atoms with Crippen molar-refractivity contribution in [3.63, 3.8) is 0 Å². The predicted octanol–water partition coefficient (Wildman–Crippen LogP) is 5.39. The van der Waals surface area contributed by atoms with Gasteiger partial charge in [0.05, 0.1) is 13.2 Å². The lowest BCUT2D eigenvalue weighted by atomic mass is 10.1. The van der Waals surface area contributed by atoms with Crippen molar-refractivity contribution < 1.29 is 22.7 Å². The van der Waals surface area contributed by atoms with Crippen LogP contribution in [0.2, 0.25) is 0 Å². The zero-order chi connectivity index (χ0) is 23.5. The zero-order valence-electron chi connectivity index (χ0n) is 18.2. The summed E-state index contributed by atoms with van der Waals surface area (Å²) in [7, 11) is 5.33. The van der Waals surface area contributed by atoms with Crippen molar-refractivity contribution in [2.75, 3.05) is 21.2 Å². The summed E-state index contributed by atoms with van der Waals surface area (Å²) in [5.74, 6) is -0.224. The molecule has 5 nitrogen and oxygen atoms in total. The quantitative estimate of drug-likeness (QED) is 0.511. The number of carbonyl (C=O) groups excluding carboxylic acids is 1. The van der Waals surface area contributed by atoms with Gasteiger partial charge in [0, 0.05) is 12.1 Å². The Morgan fingerprint density at radius 3 is 2.56 bits per heavy atom. The number of rotatable bonds is 7. The van der Waals surface area contributed by atoms with Crippen LogP contribution in [0, 0.1) is 0 Å². The highest BCUT2D eigenvalue weighted by Crippen LogP contribution is 2.38. The molecule has 1 aromatic heterocycles. The van der Waals surface area contributed by atoms with E-state index in [2.05, 4.69) is 10.3 Å². The van der Waals surface area contributed by atoms with Gasteiger partial charge in [-0.3, -0.25) is 4.79 Å². The number of alkyl halides is 3. The predicted molar refractivity (Wildman–Crippen MR) is 119 cm³/mol. The minimum atomic E-state index is -4.75. The fourth-order valence-corrected chi connectivity index (χ4v) is 4.20. The fourth-order valence-electron chi connectivity index (χ4n) is 3.21. The molecule has 3 rings (SSSR count). The van der Waals surface area contributed by atoms with E-state index in [1.54, 1.807) is 49.4 Å². The number of hydrogen-bond donors (Lipinski definition) is 1. The maximum atomic E-state index is 13.7. The molecule has 0 fully saturated rings. The lowest BCUT2D eigenvalue weighted by Gasteiger charge is -2.15. The van der Waals surface area contributed by atoms with E-state index in [0.717, 1.165) is 16.9 Å². The van der Waals surface area contributed by atoms with Gasteiger partial charge in [-0.05, 0) is 50.3 Å². The minimum absolute atomic E-state index is 0.150. The second-order valence-electron chi connectivity index (χ2n) is 7.60. The highest BCUT2D eigenvalue weighted by molar-refractivity contribution is 7.17. The largest absolute Gasteiger partial charge is 0.497 e. The molecule has 9 heteroatoms. The number of carbonyl (C=O) groups is 1. The van der Waals surface area contributed by atoms with Gasteiger partial charge in [0.1, 0.15) is 15.6 Å². The first kappa shape index (κ1) is 23.7. The minimum Gasteiger partial charge on any atom is -0.497 e. The molecule has 1 unspecified atom stereocenters. The third-order valence-corrected chi connectivity index (χ3v) is 5.82. The molecule has 0 aliphatic rings. The molecular weight excluding hydrogens is 439 g/mol. The van der Waals surface area contributed by atoms with Crippen LogP contribution in [0.15, 0.2) is 48.5 Å². The van der Waals surface area contributed by atoms with E-state index in [4.69, 9.17) is 4.74 Å². The molecule has 1 amide bonds. The van der Waals surface area contributed by atoms with Gasteiger partial charge in [0.15, 0.2) is 5.69 Å². The number of methoxy groups -OCH3 is 1. The maximum absolute atomic E-state index is 13.7. The van der Waals surface area contributed by atoms with Crippen LogP contribution in [0.3, 0.4) is 0 Å². The number of halogens is 3. The molecule has 0 bridgehead atoms. The summed E-state index contributed by atoms with van der Waals surface area (Å²) < 4.78 is 46.2. The molecule has 2 aromatic carbocycles. The second kappa shape index (κ2) is 9.70. The van der Waals surface area contributed by atoms with Gasteiger partial charge in [0.2, 0.25) is 0 Å². The molecule has 0 saturated heterocycles.